The van der Waals surface area contributed by atoms with Gasteiger partial charge in [0.1, 0.15) is 4.90 Å². The average molecular weight is 450 g/mol. The highest BCUT2D eigenvalue weighted by atomic mass is 35.5. The molecule has 0 aromatic heterocycles. The van der Waals surface area contributed by atoms with Crippen molar-refractivity contribution >= 4 is 33.4 Å². The summed E-state index contributed by atoms with van der Waals surface area (Å²) in [4.78, 5) is 26.1. The van der Waals surface area contributed by atoms with Crippen molar-refractivity contribution in [2.45, 2.75) is 24.3 Å². The average Bonchev–Trinajstić information content (AvgIpc) is 2.74. The predicted octanol–water partition coefficient (Wildman–Crippen LogP) is 2.44. The summed E-state index contributed by atoms with van der Waals surface area (Å²) in [6.07, 6.45) is 0.112. The smallest absolute Gasteiger partial charge is 0.244 e. The van der Waals surface area contributed by atoms with Gasteiger partial charge in [-0.2, -0.15) is 4.31 Å². The summed E-state index contributed by atoms with van der Waals surface area (Å²) >= 11 is 6.06. The van der Waals surface area contributed by atoms with Gasteiger partial charge in [-0.25, -0.2) is 8.42 Å². The number of hydrogen-bond acceptors (Lipinski definition) is 4. The van der Waals surface area contributed by atoms with Crippen LogP contribution in [0.3, 0.4) is 0 Å². The molecule has 2 aromatic carbocycles. The van der Waals surface area contributed by atoms with E-state index in [2.05, 4.69) is 5.32 Å². The van der Waals surface area contributed by atoms with Crippen LogP contribution in [0, 0.1) is 0 Å². The maximum Gasteiger partial charge on any atom is 0.244 e. The number of benzene rings is 2. The molecule has 1 N–H and O–H groups in total. The summed E-state index contributed by atoms with van der Waals surface area (Å²) in [5.41, 5.74) is 0.848. The third-order valence-electron chi connectivity index (χ3n) is 5.00. The summed E-state index contributed by atoms with van der Waals surface area (Å²) in [6.45, 7) is 2.36. The zero-order valence-electron chi connectivity index (χ0n) is 16.6. The number of sulfonamides is 1. The highest BCUT2D eigenvalue weighted by Crippen LogP contribution is 2.25. The Morgan fingerprint density at radius 1 is 1.00 bits per heavy atom. The summed E-state index contributed by atoms with van der Waals surface area (Å²) in [7, 11) is -3.72. The Labute approximate surface area is 181 Å². The Hall–Kier alpha value is -2.42. The van der Waals surface area contributed by atoms with Crippen molar-refractivity contribution in [3.63, 3.8) is 0 Å². The van der Waals surface area contributed by atoms with Crippen LogP contribution in [0.15, 0.2) is 59.5 Å². The number of carbonyl (C=O) groups is 2. The highest BCUT2D eigenvalue weighted by Gasteiger charge is 2.32. The summed E-state index contributed by atoms with van der Waals surface area (Å²) in [5, 5.41) is 3.00. The van der Waals surface area contributed by atoms with Crippen molar-refractivity contribution in [2.75, 3.05) is 26.2 Å². The molecule has 0 radical (unpaired) electrons. The van der Waals surface area contributed by atoms with Crippen molar-refractivity contribution in [1.29, 1.82) is 0 Å². The van der Waals surface area contributed by atoms with E-state index in [1.165, 1.54) is 17.3 Å². The molecule has 7 nitrogen and oxygen atoms in total. The fraction of sp³-hybridized carbons (Fsp3) is 0.333. The van der Waals surface area contributed by atoms with Gasteiger partial charge >= 0.3 is 0 Å². The third kappa shape index (κ3) is 5.19. The molecule has 2 aromatic rings. The van der Waals surface area contributed by atoms with E-state index in [9.17, 15) is 18.0 Å². The molecule has 1 aliphatic rings. The molecule has 1 aliphatic heterocycles. The number of nitrogens with zero attached hydrogens (tertiary/aromatic N) is 2. The van der Waals surface area contributed by atoms with Gasteiger partial charge in [0.05, 0.1) is 17.5 Å². The molecule has 0 spiro atoms. The number of hydrogen-bond donors (Lipinski definition) is 1. The van der Waals surface area contributed by atoms with Gasteiger partial charge in [-0.15, -0.1) is 0 Å². The van der Waals surface area contributed by atoms with Gasteiger partial charge in [-0.05, 0) is 17.7 Å². The molecular weight excluding hydrogens is 426 g/mol. The maximum absolute atomic E-state index is 12.9. The van der Waals surface area contributed by atoms with Gasteiger partial charge in [0.2, 0.25) is 21.8 Å². The molecule has 30 heavy (non-hydrogen) atoms. The number of carbonyl (C=O) groups excluding carboxylic acids is 2. The molecule has 1 fully saturated rings. The van der Waals surface area contributed by atoms with Crippen LogP contribution in [0.25, 0.3) is 0 Å². The lowest BCUT2D eigenvalue weighted by atomic mass is 10.0. The third-order valence-corrected chi connectivity index (χ3v) is 7.40. The van der Waals surface area contributed by atoms with Crippen LogP contribution in [-0.4, -0.2) is 55.6 Å². The number of rotatable bonds is 6. The fourth-order valence-electron chi connectivity index (χ4n) is 3.46. The van der Waals surface area contributed by atoms with Crippen LogP contribution >= 0.6 is 11.6 Å². The van der Waals surface area contributed by atoms with Crippen molar-refractivity contribution in [3.8, 4) is 0 Å². The summed E-state index contributed by atoms with van der Waals surface area (Å²) < 4.78 is 27.1. The standard InChI is InChI=1S/C21H24ClN3O4S/c1-16(26)23-19(17-7-3-2-4-8-17)15-21(27)24-11-13-25(14-12-24)30(28,29)20-10-6-5-9-18(20)22/h2-10,19H,11-15H2,1H3,(H,23,26). The Morgan fingerprint density at radius 2 is 1.60 bits per heavy atom. The van der Waals surface area contributed by atoms with Crippen molar-refractivity contribution in [3.05, 3.63) is 65.2 Å². The number of amides is 2. The van der Waals surface area contributed by atoms with Gasteiger partial charge in [-0.1, -0.05) is 54.1 Å². The van der Waals surface area contributed by atoms with Gasteiger partial charge in [0, 0.05) is 33.1 Å². The molecule has 0 aliphatic carbocycles. The molecule has 0 saturated carbocycles. The van der Waals surface area contributed by atoms with Crippen LogP contribution in [-0.2, 0) is 19.6 Å². The van der Waals surface area contributed by atoms with Crippen LogP contribution < -0.4 is 5.32 Å². The first kappa shape index (κ1) is 22.3. The lowest BCUT2D eigenvalue weighted by molar-refractivity contribution is -0.133. The van der Waals surface area contributed by atoms with Gasteiger partial charge in [-0.3, -0.25) is 9.59 Å². The largest absolute Gasteiger partial charge is 0.349 e. The lowest BCUT2D eigenvalue weighted by Gasteiger charge is -2.35. The van der Waals surface area contributed by atoms with Crippen LogP contribution in [0.4, 0.5) is 0 Å². The SMILES string of the molecule is CC(=O)NC(CC(=O)N1CCN(S(=O)(=O)c2ccccc2Cl)CC1)c1ccccc1. The van der Waals surface area contributed by atoms with E-state index in [1.807, 2.05) is 30.3 Å². The summed E-state index contributed by atoms with van der Waals surface area (Å²) in [6, 6.07) is 15.2. The zero-order chi connectivity index (χ0) is 21.7. The molecule has 1 saturated heterocycles. The molecular formula is C21H24ClN3O4S. The van der Waals surface area contributed by atoms with Crippen molar-refractivity contribution in [1.82, 2.24) is 14.5 Å². The molecule has 3 rings (SSSR count). The van der Waals surface area contributed by atoms with Gasteiger partial charge in [0.25, 0.3) is 0 Å². The zero-order valence-corrected chi connectivity index (χ0v) is 18.2. The van der Waals surface area contributed by atoms with Crippen molar-refractivity contribution in [2.24, 2.45) is 0 Å². The van der Waals surface area contributed by atoms with Crippen LogP contribution in [0.5, 0.6) is 0 Å². The van der Waals surface area contributed by atoms with Crippen LogP contribution in [0.2, 0.25) is 5.02 Å². The van der Waals surface area contributed by atoms with E-state index in [4.69, 9.17) is 11.6 Å². The van der Waals surface area contributed by atoms with E-state index in [-0.39, 0.29) is 54.3 Å². The normalized spacial score (nSPS) is 16.1. The molecule has 160 valence electrons. The van der Waals surface area contributed by atoms with Crippen molar-refractivity contribution < 1.29 is 18.0 Å². The highest BCUT2D eigenvalue weighted by molar-refractivity contribution is 7.89. The second kappa shape index (κ2) is 9.59. The molecule has 9 heteroatoms. The molecule has 1 atom stereocenters. The van der Waals surface area contributed by atoms with E-state index in [1.54, 1.807) is 23.1 Å². The fourth-order valence-corrected chi connectivity index (χ4v) is 5.37. The first-order chi connectivity index (χ1) is 14.3. The Morgan fingerprint density at radius 3 is 2.20 bits per heavy atom. The monoisotopic (exact) mass is 449 g/mol. The topological polar surface area (TPSA) is 86.8 Å². The number of halogens is 1. The molecule has 1 heterocycles. The van der Waals surface area contributed by atoms with E-state index in [0.717, 1.165) is 5.56 Å². The second-order valence-electron chi connectivity index (χ2n) is 7.08. The number of nitrogens with one attached hydrogen (secondary N) is 1. The van der Waals surface area contributed by atoms with E-state index in [0.29, 0.717) is 0 Å². The Bertz CT molecular complexity index is 1010. The second-order valence-corrected chi connectivity index (χ2v) is 9.40. The first-order valence-electron chi connectivity index (χ1n) is 9.63. The maximum atomic E-state index is 12.9. The minimum Gasteiger partial charge on any atom is -0.349 e. The first-order valence-corrected chi connectivity index (χ1v) is 11.5. The molecule has 1 unspecified atom stereocenters. The van der Waals surface area contributed by atoms with Gasteiger partial charge < -0.3 is 10.2 Å². The minimum absolute atomic E-state index is 0.0706. The van der Waals surface area contributed by atoms with Gasteiger partial charge in [0.15, 0.2) is 0 Å². The number of piperazine rings is 1. The quantitative estimate of drug-likeness (QED) is 0.733. The summed E-state index contributed by atoms with van der Waals surface area (Å²) in [5.74, 6) is -0.347. The minimum atomic E-state index is -3.72. The lowest BCUT2D eigenvalue weighted by Crippen LogP contribution is -2.51. The van der Waals surface area contributed by atoms with Crippen LogP contribution in [0.1, 0.15) is 24.9 Å². The Balaban J connectivity index is 1.64. The predicted molar refractivity (Wildman–Crippen MR) is 114 cm³/mol. The van der Waals surface area contributed by atoms with E-state index >= 15 is 0 Å². The molecule has 2 amide bonds. The van der Waals surface area contributed by atoms with E-state index < -0.39 is 16.1 Å². The molecule has 0 bridgehead atoms. The Kier molecular flexibility index (Phi) is 7.12.